The highest BCUT2D eigenvalue weighted by molar-refractivity contribution is 6.05. The normalized spacial score (nSPS) is 18.0. The van der Waals surface area contributed by atoms with E-state index in [9.17, 15) is 9.59 Å². The van der Waals surface area contributed by atoms with Gasteiger partial charge in [0.2, 0.25) is 11.8 Å². The van der Waals surface area contributed by atoms with E-state index in [4.69, 9.17) is 19.9 Å². The number of carbonyl (C=O) groups is 2. The summed E-state index contributed by atoms with van der Waals surface area (Å²) in [6, 6.07) is 9.44. The lowest BCUT2D eigenvalue weighted by atomic mass is 9.91. The zero-order valence-corrected chi connectivity index (χ0v) is 21.7. The SMILES string of the molecule is CN(C(=O)c1cc(OCCN2CCOC2=O)nc(N2CCOCC2)n1)c1cccc(C2=C(N)CCCC2)c1. The number of hydrogen-bond donors (Lipinski definition) is 1. The van der Waals surface area contributed by atoms with E-state index in [1.54, 1.807) is 22.9 Å². The van der Waals surface area contributed by atoms with Crippen LogP contribution in [-0.4, -0.2) is 86.5 Å². The van der Waals surface area contributed by atoms with E-state index in [1.807, 2.05) is 29.2 Å². The van der Waals surface area contributed by atoms with Crippen LogP contribution in [0.5, 0.6) is 5.88 Å². The molecule has 0 spiro atoms. The maximum Gasteiger partial charge on any atom is 0.410 e. The number of nitrogens with two attached hydrogens (primary N) is 1. The van der Waals surface area contributed by atoms with E-state index in [1.165, 1.54) is 0 Å². The number of aromatic nitrogens is 2. The first-order chi connectivity index (χ1) is 18.5. The van der Waals surface area contributed by atoms with Crippen molar-refractivity contribution < 1.29 is 23.8 Å². The molecule has 0 saturated carbocycles. The van der Waals surface area contributed by atoms with Crippen molar-refractivity contribution in [3.05, 3.63) is 47.3 Å². The number of nitrogens with zero attached hydrogens (tertiary/aromatic N) is 5. The highest BCUT2D eigenvalue weighted by Gasteiger charge is 2.24. The molecule has 202 valence electrons. The number of anilines is 2. The maximum atomic E-state index is 13.6. The van der Waals surface area contributed by atoms with Gasteiger partial charge in [0.1, 0.15) is 18.9 Å². The molecule has 1 aromatic carbocycles. The van der Waals surface area contributed by atoms with Crippen LogP contribution in [0.3, 0.4) is 0 Å². The molecule has 0 bridgehead atoms. The van der Waals surface area contributed by atoms with Crippen LogP contribution in [0.15, 0.2) is 36.0 Å². The van der Waals surface area contributed by atoms with Gasteiger partial charge in [0.15, 0.2) is 0 Å². The Balaban J connectivity index is 1.37. The Morgan fingerprint density at radius 3 is 2.68 bits per heavy atom. The van der Waals surface area contributed by atoms with Gasteiger partial charge in [-0.2, -0.15) is 4.98 Å². The lowest BCUT2D eigenvalue weighted by Gasteiger charge is -2.27. The molecular weight excluding hydrogens is 488 g/mol. The first kappa shape index (κ1) is 25.8. The number of morpholine rings is 1. The topological polar surface area (TPSA) is 123 Å². The van der Waals surface area contributed by atoms with Crippen LogP contribution in [0.1, 0.15) is 41.7 Å². The lowest BCUT2D eigenvalue weighted by Crippen LogP contribution is -2.38. The second-order valence-electron chi connectivity index (χ2n) is 9.57. The third kappa shape index (κ3) is 5.83. The Morgan fingerprint density at radius 2 is 1.92 bits per heavy atom. The monoisotopic (exact) mass is 522 g/mol. The Bertz CT molecular complexity index is 1210. The molecule has 0 radical (unpaired) electrons. The predicted octanol–water partition coefficient (Wildman–Crippen LogP) is 2.66. The Morgan fingerprint density at radius 1 is 1.11 bits per heavy atom. The Hall–Kier alpha value is -3.86. The van der Waals surface area contributed by atoms with Gasteiger partial charge in [-0.3, -0.25) is 4.79 Å². The summed E-state index contributed by atoms with van der Waals surface area (Å²) in [4.78, 5) is 39.6. The summed E-state index contributed by atoms with van der Waals surface area (Å²) in [6.07, 6.45) is 3.72. The summed E-state index contributed by atoms with van der Waals surface area (Å²) in [7, 11) is 1.73. The van der Waals surface area contributed by atoms with E-state index in [-0.39, 0.29) is 30.2 Å². The van der Waals surface area contributed by atoms with Crippen molar-refractivity contribution in [1.82, 2.24) is 14.9 Å². The number of benzene rings is 1. The third-order valence-corrected chi connectivity index (χ3v) is 7.06. The summed E-state index contributed by atoms with van der Waals surface area (Å²) < 4.78 is 16.3. The van der Waals surface area contributed by atoms with Crippen LogP contribution in [-0.2, 0) is 9.47 Å². The van der Waals surface area contributed by atoms with Gasteiger partial charge in [0.05, 0.1) is 26.3 Å². The standard InChI is InChI=1S/C27H34N6O5/c1-31(20-6-4-5-19(17-20)21-7-2-3-8-22(21)28)25(34)23-18-24(37-15-11-33-12-16-38-27(33)35)30-26(29-23)32-9-13-36-14-10-32/h4-6,17-18H,2-3,7-16,28H2,1H3. The average molecular weight is 523 g/mol. The van der Waals surface area contributed by atoms with E-state index >= 15 is 0 Å². The van der Waals surface area contributed by atoms with Crippen LogP contribution < -0.4 is 20.3 Å². The molecule has 2 N–H and O–H groups in total. The molecule has 2 fully saturated rings. The van der Waals surface area contributed by atoms with Gasteiger partial charge in [-0.05, 0) is 49.0 Å². The molecular formula is C27H34N6O5. The fourth-order valence-electron chi connectivity index (χ4n) is 4.84. The van der Waals surface area contributed by atoms with Crippen molar-refractivity contribution in [1.29, 1.82) is 0 Å². The molecule has 11 heteroatoms. The summed E-state index contributed by atoms with van der Waals surface area (Å²) in [5, 5.41) is 0. The summed E-state index contributed by atoms with van der Waals surface area (Å²) in [6.45, 7) is 3.84. The van der Waals surface area contributed by atoms with Gasteiger partial charge in [0, 0.05) is 37.6 Å². The molecule has 1 aliphatic carbocycles. The summed E-state index contributed by atoms with van der Waals surface area (Å²) >= 11 is 0. The van der Waals surface area contributed by atoms with Crippen molar-refractivity contribution in [3.8, 4) is 5.88 Å². The fourth-order valence-corrected chi connectivity index (χ4v) is 4.84. The van der Waals surface area contributed by atoms with Crippen molar-refractivity contribution in [2.45, 2.75) is 25.7 Å². The minimum atomic E-state index is -0.351. The highest BCUT2D eigenvalue weighted by atomic mass is 16.6. The number of carbonyl (C=O) groups excluding carboxylic acids is 2. The highest BCUT2D eigenvalue weighted by Crippen LogP contribution is 2.32. The summed E-state index contributed by atoms with van der Waals surface area (Å²) in [5.41, 5.74) is 10.4. The number of amides is 2. The van der Waals surface area contributed by atoms with Gasteiger partial charge in [-0.15, -0.1) is 0 Å². The van der Waals surface area contributed by atoms with Gasteiger partial charge >= 0.3 is 6.09 Å². The average Bonchev–Trinajstić information content (AvgIpc) is 3.37. The zero-order chi connectivity index (χ0) is 26.5. The Labute approximate surface area is 222 Å². The first-order valence-corrected chi connectivity index (χ1v) is 13.1. The molecule has 1 aromatic heterocycles. The zero-order valence-electron chi connectivity index (χ0n) is 21.7. The third-order valence-electron chi connectivity index (χ3n) is 7.06. The molecule has 11 nitrogen and oxygen atoms in total. The van der Waals surface area contributed by atoms with E-state index in [0.717, 1.165) is 48.2 Å². The first-order valence-electron chi connectivity index (χ1n) is 13.1. The lowest BCUT2D eigenvalue weighted by molar-refractivity contribution is 0.0987. The van der Waals surface area contributed by atoms with Crippen LogP contribution in [0.4, 0.5) is 16.4 Å². The predicted molar refractivity (Wildman–Crippen MR) is 142 cm³/mol. The molecule has 0 unspecified atom stereocenters. The molecule has 0 atom stereocenters. The quantitative estimate of drug-likeness (QED) is 0.557. The molecule has 2 aromatic rings. The number of hydrogen-bond acceptors (Lipinski definition) is 9. The molecule has 2 amide bonds. The fraction of sp³-hybridized carbons (Fsp3) is 0.481. The number of rotatable bonds is 8. The smallest absolute Gasteiger partial charge is 0.410 e. The van der Waals surface area contributed by atoms with Gasteiger partial charge in [0.25, 0.3) is 5.91 Å². The molecule has 2 saturated heterocycles. The van der Waals surface area contributed by atoms with Crippen LogP contribution in [0.25, 0.3) is 5.57 Å². The molecule has 38 heavy (non-hydrogen) atoms. The van der Waals surface area contributed by atoms with Gasteiger partial charge < -0.3 is 34.6 Å². The minimum absolute atomic E-state index is 0.219. The van der Waals surface area contributed by atoms with Crippen LogP contribution in [0, 0.1) is 0 Å². The largest absolute Gasteiger partial charge is 0.476 e. The molecule has 2 aliphatic heterocycles. The van der Waals surface area contributed by atoms with Crippen molar-refractivity contribution in [3.63, 3.8) is 0 Å². The van der Waals surface area contributed by atoms with Crippen LogP contribution in [0.2, 0.25) is 0 Å². The van der Waals surface area contributed by atoms with Crippen molar-refractivity contribution >= 4 is 29.2 Å². The molecule has 3 aliphatic rings. The number of ether oxygens (including phenoxy) is 3. The van der Waals surface area contributed by atoms with E-state index in [2.05, 4.69) is 9.97 Å². The Kier molecular flexibility index (Phi) is 7.92. The van der Waals surface area contributed by atoms with E-state index < -0.39 is 0 Å². The van der Waals surface area contributed by atoms with E-state index in [0.29, 0.717) is 51.9 Å². The second-order valence-corrected chi connectivity index (χ2v) is 9.57. The van der Waals surface area contributed by atoms with Gasteiger partial charge in [-0.25, -0.2) is 9.78 Å². The molecule has 3 heterocycles. The van der Waals surface area contributed by atoms with Crippen molar-refractivity contribution in [2.75, 3.05) is 69.5 Å². The second kappa shape index (κ2) is 11.7. The van der Waals surface area contributed by atoms with Crippen LogP contribution >= 0.6 is 0 Å². The number of cyclic esters (lactones) is 1. The summed E-state index contributed by atoms with van der Waals surface area (Å²) in [5.74, 6) is 0.411. The van der Waals surface area contributed by atoms with Crippen molar-refractivity contribution in [2.24, 2.45) is 5.73 Å². The molecule has 5 rings (SSSR count). The minimum Gasteiger partial charge on any atom is -0.476 e. The maximum absolute atomic E-state index is 13.6. The number of allylic oxidation sites excluding steroid dienone is 2. The van der Waals surface area contributed by atoms with Gasteiger partial charge in [-0.1, -0.05) is 12.1 Å².